The number of aliphatic hydroxyl groups excluding tert-OH is 1. The highest BCUT2D eigenvalue weighted by Crippen LogP contribution is 2.24. The van der Waals surface area contributed by atoms with Gasteiger partial charge >= 0.3 is 0 Å². The summed E-state index contributed by atoms with van der Waals surface area (Å²) in [6.07, 6.45) is 1.63. The highest BCUT2D eigenvalue weighted by Gasteiger charge is 2.13. The van der Waals surface area contributed by atoms with Crippen molar-refractivity contribution in [1.82, 2.24) is 0 Å². The Balaban J connectivity index is 2.09. The minimum absolute atomic E-state index is 0.159. The lowest BCUT2D eigenvalue weighted by molar-refractivity contribution is 0.225. The molecule has 0 bridgehead atoms. The molecule has 0 aliphatic heterocycles. The third-order valence-electron chi connectivity index (χ3n) is 3.19. The Morgan fingerprint density at radius 2 is 1.53 bits per heavy atom. The fourth-order valence-electron chi connectivity index (χ4n) is 2.15. The summed E-state index contributed by atoms with van der Waals surface area (Å²) < 4.78 is 1.09. The van der Waals surface area contributed by atoms with E-state index < -0.39 is 0 Å². The zero-order valence-corrected chi connectivity index (χ0v) is 12.9. The van der Waals surface area contributed by atoms with Crippen LogP contribution in [0.3, 0.4) is 0 Å². The van der Waals surface area contributed by atoms with Gasteiger partial charge in [0.2, 0.25) is 0 Å². The Kier molecular flexibility index (Phi) is 5.44. The van der Waals surface area contributed by atoms with Gasteiger partial charge in [-0.1, -0.05) is 63.9 Å². The first-order chi connectivity index (χ1) is 9.20. The predicted octanol–water partition coefficient (Wildman–Crippen LogP) is 4.50. The van der Waals surface area contributed by atoms with Crippen LogP contribution >= 0.6 is 27.5 Å². The van der Waals surface area contributed by atoms with Crippen molar-refractivity contribution in [3.63, 3.8) is 0 Å². The standard InChI is InChI=1S/C16H16BrClO/c17-15-7-3-1-5-13(15)9-12(11-19)10-14-6-2-4-8-16(14)18/h1-8,12,19H,9-11H2. The molecule has 0 fully saturated rings. The number of halogens is 2. The lowest BCUT2D eigenvalue weighted by atomic mass is 9.93. The van der Waals surface area contributed by atoms with E-state index >= 15 is 0 Å². The van der Waals surface area contributed by atoms with E-state index in [0.29, 0.717) is 0 Å². The van der Waals surface area contributed by atoms with E-state index in [4.69, 9.17) is 11.6 Å². The monoisotopic (exact) mass is 338 g/mol. The van der Waals surface area contributed by atoms with Crippen LogP contribution in [0, 0.1) is 5.92 Å². The van der Waals surface area contributed by atoms with Gasteiger partial charge in [-0.15, -0.1) is 0 Å². The van der Waals surface area contributed by atoms with E-state index in [2.05, 4.69) is 22.0 Å². The smallest absolute Gasteiger partial charge is 0.0465 e. The maximum absolute atomic E-state index is 9.57. The van der Waals surface area contributed by atoms with Gasteiger partial charge in [-0.05, 0) is 42.0 Å². The Hall–Kier alpha value is -0.830. The summed E-state index contributed by atoms with van der Waals surface area (Å²) >= 11 is 9.71. The number of hydrogen-bond acceptors (Lipinski definition) is 1. The first kappa shape index (κ1) is 14.6. The molecule has 1 atom stereocenters. The molecule has 3 heteroatoms. The van der Waals surface area contributed by atoms with Gasteiger partial charge in [-0.25, -0.2) is 0 Å². The fraction of sp³-hybridized carbons (Fsp3) is 0.250. The van der Waals surface area contributed by atoms with E-state index in [1.807, 2.05) is 42.5 Å². The maximum atomic E-state index is 9.57. The molecule has 0 aliphatic carbocycles. The number of benzene rings is 2. The molecule has 0 aromatic heterocycles. The van der Waals surface area contributed by atoms with Gasteiger partial charge in [-0.3, -0.25) is 0 Å². The van der Waals surface area contributed by atoms with Gasteiger partial charge < -0.3 is 5.11 Å². The summed E-state index contributed by atoms with van der Waals surface area (Å²) in [5.41, 5.74) is 2.31. The molecule has 1 nitrogen and oxygen atoms in total. The summed E-state index contributed by atoms with van der Waals surface area (Å²) in [6.45, 7) is 0.159. The molecule has 1 unspecified atom stereocenters. The molecule has 0 saturated carbocycles. The van der Waals surface area contributed by atoms with Gasteiger partial charge in [0, 0.05) is 16.1 Å². The van der Waals surface area contributed by atoms with Crippen molar-refractivity contribution in [2.45, 2.75) is 12.8 Å². The Bertz CT molecular complexity index is 494. The van der Waals surface area contributed by atoms with Gasteiger partial charge in [-0.2, -0.15) is 0 Å². The minimum Gasteiger partial charge on any atom is -0.396 e. The lowest BCUT2D eigenvalue weighted by Gasteiger charge is -2.16. The highest BCUT2D eigenvalue weighted by molar-refractivity contribution is 9.10. The predicted molar refractivity (Wildman–Crippen MR) is 83.6 cm³/mol. The second-order valence-corrected chi connectivity index (χ2v) is 5.90. The van der Waals surface area contributed by atoms with Crippen LogP contribution in [0.15, 0.2) is 53.0 Å². The van der Waals surface area contributed by atoms with Crippen molar-refractivity contribution in [1.29, 1.82) is 0 Å². The summed E-state index contributed by atoms with van der Waals surface area (Å²) in [5.74, 6) is 0.179. The molecule has 0 amide bonds. The largest absolute Gasteiger partial charge is 0.396 e. The summed E-state index contributed by atoms with van der Waals surface area (Å²) in [6, 6.07) is 15.9. The molecule has 0 radical (unpaired) electrons. The molecule has 0 aliphatic rings. The third kappa shape index (κ3) is 4.07. The molecule has 2 aromatic rings. The second kappa shape index (κ2) is 7.09. The first-order valence-electron chi connectivity index (χ1n) is 6.28. The number of hydrogen-bond donors (Lipinski definition) is 1. The Morgan fingerprint density at radius 1 is 0.947 bits per heavy atom. The van der Waals surface area contributed by atoms with Crippen LogP contribution < -0.4 is 0 Å². The van der Waals surface area contributed by atoms with Crippen LogP contribution in [-0.2, 0) is 12.8 Å². The second-order valence-electron chi connectivity index (χ2n) is 4.64. The molecule has 0 spiro atoms. The quantitative estimate of drug-likeness (QED) is 0.850. The summed E-state index contributed by atoms with van der Waals surface area (Å²) in [7, 11) is 0. The van der Waals surface area contributed by atoms with Crippen LogP contribution in [0.25, 0.3) is 0 Å². The van der Waals surface area contributed by atoms with Gasteiger partial charge in [0.15, 0.2) is 0 Å². The molecule has 19 heavy (non-hydrogen) atoms. The van der Waals surface area contributed by atoms with Crippen LogP contribution in [0.4, 0.5) is 0 Å². The van der Waals surface area contributed by atoms with Crippen LogP contribution in [-0.4, -0.2) is 11.7 Å². The van der Waals surface area contributed by atoms with Crippen LogP contribution in [0.2, 0.25) is 5.02 Å². The highest BCUT2D eigenvalue weighted by atomic mass is 79.9. The van der Waals surface area contributed by atoms with Crippen LogP contribution in [0.1, 0.15) is 11.1 Å². The summed E-state index contributed by atoms with van der Waals surface area (Å²) in [5, 5.41) is 10.3. The van der Waals surface area contributed by atoms with Crippen molar-refractivity contribution in [3.05, 3.63) is 69.2 Å². The molecular weight excluding hydrogens is 324 g/mol. The zero-order valence-electron chi connectivity index (χ0n) is 10.5. The normalized spacial score (nSPS) is 12.4. The molecule has 2 rings (SSSR count). The topological polar surface area (TPSA) is 20.2 Å². The SMILES string of the molecule is OCC(Cc1ccccc1Cl)Cc1ccccc1Br. The van der Waals surface area contributed by atoms with Crippen molar-refractivity contribution >= 4 is 27.5 Å². The zero-order chi connectivity index (χ0) is 13.7. The maximum Gasteiger partial charge on any atom is 0.0465 e. The van der Waals surface area contributed by atoms with Gasteiger partial charge in [0.1, 0.15) is 0 Å². The van der Waals surface area contributed by atoms with Crippen molar-refractivity contribution < 1.29 is 5.11 Å². The molecule has 100 valence electrons. The third-order valence-corrected chi connectivity index (χ3v) is 4.33. The van der Waals surface area contributed by atoms with Crippen LogP contribution in [0.5, 0.6) is 0 Å². The molecule has 2 aromatic carbocycles. The Morgan fingerprint density at radius 3 is 2.16 bits per heavy atom. The van der Waals surface area contributed by atoms with E-state index in [0.717, 1.165) is 27.9 Å². The van der Waals surface area contributed by atoms with E-state index in [1.54, 1.807) is 0 Å². The van der Waals surface area contributed by atoms with E-state index in [1.165, 1.54) is 5.56 Å². The molecule has 0 saturated heterocycles. The average Bonchev–Trinajstić information content (AvgIpc) is 2.42. The van der Waals surface area contributed by atoms with Crippen molar-refractivity contribution in [2.75, 3.05) is 6.61 Å². The summed E-state index contributed by atoms with van der Waals surface area (Å²) in [4.78, 5) is 0. The van der Waals surface area contributed by atoms with E-state index in [-0.39, 0.29) is 12.5 Å². The molecule has 0 heterocycles. The van der Waals surface area contributed by atoms with Crippen molar-refractivity contribution in [3.8, 4) is 0 Å². The molecule has 1 N–H and O–H groups in total. The lowest BCUT2D eigenvalue weighted by Crippen LogP contribution is -2.13. The number of rotatable bonds is 5. The molecular formula is C16H16BrClO. The average molecular weight is 340 g/mol. The van der Waals surface area contributed by atoms with Gasteiger partial charge in [0.25, 0.3) is 0 Å². The van der Waals surface area contributed by atoms with Gasteiger partial charge in [0.05, 0.1) is 0 Å². The number of aliphatic hydroxyl groups is 1. The Labute approximate surface area is 127 Å². The fourth-order valence-corrected chi connectivity index (χ4v) is 2.81. The van der Waals surface area contributed by atoms with Crippen molar-refractivity contribution in [2.24, 2.45) is 5.92 Å². The van der Waals surface area contributed by atoms with E-state index in [9.17, 15) is 5.11 Å². The first-order valence-corrected chi connectivity index (χ1v) is 7.45. The minimum atomic E-state index is 0.159.